The van der Waals surface area contributed by atoms with Gasteiger partial charge in [-0.3, -0.25) is 0 Å². The van der Waals surface area contributed by atoms with Gasteiger partial charge in [0.15, 0.2) is 11.6 Å². The SMILES string of the molecule is COC(=O)c1ccccc1N(C)c1ncnc(Nc2cc(C)cc(C)c2)c1N. The molecule has 0 fully saturated rings. The Morgan fingerprint density at radius 1 is 1.11 bits per heavy atom. The second-order valence-corrected chi connectivity index (χ2v) is 6.53. The molecule has 0 saturated heterocycles. The van der Waals surface area contributed by atoms with Crippen LogP contribution in [-0.2, 0) is 4.74 Å². The second-order valence-electron chi connectivity index (χ2n) is 6.53. The Labute approximate surface area is 164 Å². The molecule has 7 nitrogen and oxygen atoms in total. The summed E-state index contributed by atoms with van der Waals surface area (Å²) < 4.78 is 4.88. The number of ether oxygens (including phenoxy) is 1. The number of rotatable bonds is 5. The number of benzene rings is 2. The lowest BCUT2D eigenvalue weighted by atomic mass is 10.1. The number of para-hydroxylation sites is 1. The van der Waals surface area contributed by atoms with E-state index in [1.165, 1.54) is 13.4 Å². The maximum absolute atomic E-state index is 12.1. The number of nitrogens with two attached hydrogens (primary N) is 1. The van der Waals surface area contributed by atoms with Gasteiger partial charge >= 0.3 is 5.97 Å². The minimum Gasteiger partial charge on any atom is -0.465 e. The van der Waals surface area contributed by atoms with Crippen molar-refractivity contribution in [1.29, 1.82) is 0 Å². The van der Waals surface area contributed by atoms with Gasteiger partial charge in [0, 0.05) is 12.7 Å². The van der Waals surface area contributed by atoms with Crippen LogP contribution in [0.5, 0.6) is 0 Å². The number of aryl methyl sites for hydroxylation is 2. The Bertz CT molecular complexity index is 999. The molecule has 3 N–H and O–H groups in total. The first kappa shape index (κ1) is 19.2. The van der Waals surface area contributed by atoms with Gasteiger partial charge in [-0.1, -0.05) is 18.2 Å². The fourth-order valence-corrected chi connectivity index (χ4v) is 3.10. The van der Waals surface area contributed by atoms with E-state index < -0.39 is 5.97 Å². The highest BCUT2D eigenvalue weighted by Gasteiger charge is 2.19. The summed E-state index contributed by atoms with van der Waals surface area (Å²) in [5, 5.41) is 3.25. The van der Waals surface area contributed by atoms with E-state index >= 15 is 0 Å². The van der Waals surface area contributed by atoms with Crippen LogP contribution in [0, 0.1) is 13.8 Å². The summed E-state index contributed by atoms with van der Waals surface area (Å²) in [4.78, 5) is 22.4. The van der Waals surface area contributed by atoms with Crippen LogP contribution in [0.3, 0.4) is 0 Å². The van der Waals surface area contributed by atoms with E-state index in [9.17, 15) is 4.79 Å². The molecule has 1 heterocycles. The third kappa shape index (κ3) is 3.88. The minimum absolute atomic E-state index is 0.379. The van der Waals surface area contributed by atoms with E-state index in [2.05, 4.69) is 21.4 Å². The first-order valence-electron chi connectivity index (χ1n) is 8.77. The number of methoxy groups -OCH3 is 1. The molecule has 0 aliphatic rings. The fourth-order valence-electron chi connectivity index (χ4n) is 3.10. The molecule has 0 amide bonds. The molecule has 0 bridgehead atoms. The maximum Gasteiger partial charge on any atom is 0.339 e. The predicted octanol–water partition coefficient (Wildman–Crippen LogP) is 3.97. The van der Waals surface area contributed by atoms with Crippen LogP contribution in [0.15, 0.2) is 48.8 Å². The first-order valence-corrected chi connectivity index (χ1v) is 8.77. The summed E-state index contributed by atoms with van der Waals surface area (Å²) in [5.74, 6) is 0.555. The normalized spacial score (nSPS) is 10.4. The van der Waals surface area contributed by atoms with Crippen molar-refractivity contribution in [2.24, 2.45) is 0 Å². The maximum atomic E-state index is 12.1. The van der Waals surface area contributed by atoms with Gasteiger partial charge in [0.05, 0.1) is 18.4 Å². The molecule has 7 heteroatoms. The zero-order chi connectivity index (χ0) is 20.3. The van der Waals surface area contributed by atoms with Crippen LogP contribution >= 0.6 is 0 Å². The lowest BCUT2D eigenvalue weighted by Gasteiger charge is -2.23. The van der Waals surface area contributed by atoms with Crippen molar-refractivity contribution < 1.29 is 9.53 Å². The molecule has 1 aromatic heterocycles. The largest absolute Gasteiger partial charge is 0.465 e. The summed E-state index contributed by atoms with van der Waals surface area (Å²) in [6, 6.07) is 13.3. The lowest BCUT2D eigenvalue weighted by Crippen LogP contribution is -2.18. The number of carbonyl (C=O) groups excluding carboxylic acids is 1. The van der Waals surface area contributed by atoms with Crippen LogP contribution in [0.25, 0.3) is 0 Å². The van der Waals surface area contributed by atoms with E-state index in [0.29, 0.717) is 28.6 Å². The molecule has 0 unspecified atom stereocenters. The highest BCUT2D eigenvalue weighted by molar-refractivity contribution is 5.97. The molecular weight excluding hydrogens is 354 g/mol. The monoisotopic (exact) mass is 377 g/mol. The number of esters is 1. The molecule has 0 radical (unpaired) electrons. The fraction of sp³-hybridized carbons (Fsp3) is 0.190. The van der Waals surface area contributed by atoms with E-state index in [-0.39, 0.29) is 0 Å². The summed E-state index contributed by atoms with van der Waals surface area (Å²) in [5.41, 5.74) is 11.0. The molecular formula is C21H23N5O2. The number of nitrogens with one attached hydrogen (secondary N) is 1. The number of nitrogens with zero attached hydrogens (tertiary/aromatic N) is 3. The van der Waals surface area contributed by atoms with Gasteiger partial charge in [0.25, 0.3) is 0 Å². The summed E-state index contributed by atoms with van der Waals surface area (Å²) in [7, 11) is 3.14. The molecule has 0 aliphatic carbocycles. The summed E-state index contributed by atoms with van der Waals surface area (Å²) >= 11 is 0. The standard InChI is InChI=1S/C21H23N5O2/c1-13-9-14(2)11-15(10-13)25-19-18(22)20(24-12-23-19)26(3)17-8-6-5-7-16(17)21(27)28-4/h5-12H,22H2,1-4H3,(H,23,24,25). The van der Waals surface area contributed by atoms with Gasteiger partial charge in [-0.25, -0.2) is 14.8 Å². The molecule has 28 heavy (non-hydrogen) atoms. The molecule has 0 aliphatic heterocycles. The Morgan fingerprint density at radius 3 is 2.46 bits per heavy atom. The number of anilines is 5. The number of carbonyl (C=O) groups is 1. The summed E-state index contributed by atoms with van der Waals surface area (Å²) in [6.45, 7) is 4.06. The first-order chi connectivity index (χ1) is 13.4. The van der Waals surface area contributed by atoms with E-state index in [4.69, 9.17) is 10.5 Å². The van der Waals surface area contributed by atoms with Gasteiger partial charge < -0.3 is 20.7 Å². The van der Waals surface area contributed by atoms with Crippen LogP contribution < -0.4 is 16.0 Å². The van der Waals surface area contributed by atoms with Crippen molar-refractivity contribution in [3.8, 4) is 0 Å². The van der Waals surface area contributed by atoms with Gasteiger partial charge in [0.1, 0.15) is 12.0 Å². The second kappa shape index (κ2) is 7.96. The van der Waals surface area contributed by atoms with Gasteiger partial charge in [0.2, 0.25) is 0 Å². The molecule has 0 spiro atoms. The quantitative estimate of drug-likeness (QED) is 0.650. The highest BCUT2D eigenvalue weighted by atomic mass is 16.5. The zero-order valence-electron chi connectivity index (χ0n) is 16.4. The Balaban J connectivity index is 1.98. The van der Waals surface area contributed by atoms with Crippen molar-refractivity contribution in [2.75, 3.05) is 30.1 Å². The third-order valence-electron chi connectivity index (χ3n) is 4.34. The van der Waals surface area contributed by atoms with Crippen LogP contribution in [0.4, 0.5) is 28.7 Å². The minimum atomic E-state index is -0.427. The number of aromatic nitrogens is 2. The van der Waals surface area contributed by atoms with Crippen molar-refractivity contribution in [3.05, 3.63) is 65.5 Å². The average molecular weight is 377 g/mol. The molecule has 0 saturated carbocycles. The number of hydrogen-bond acceptors (Lipinski definition) is 7. The predicted molar refractivity (Wildman–Crippen MR) is 111 cm³/mol. The van der Waals surface area contributed by atoms with E-state index in [1.54, 1.807) is 24.1 Å². The Kier molecular flexibility index (Phi) is 5.44. The Morgan fingerprint density at radius 2 is 1.79 bits per heavy atom. The average Bonchev–Trinajstić information content (AvgIpc) is 2.67. The summed E-state index contributed by atoms with van der Waals surface area (Å²) in [6.07, 6.45) is 1.44. The van der Waals surface area contributed by atoms with Crippen LogP contribution in [0.2, 0.25) is 0 Å². The van der Waals surface area contributed by atoms with Crippen molar-refractivity contribution in [2.45, 2.75) is 13.8 Å². The van der Waals surface area contributed by atoms with Crippen LogP contribution in [-0.4, -0.2) is 30.1 Å². The van der Waals surface area contributed by atoms with Gasteiger partial charge in [-0.15, -0.1) is 0 Å². The van der Waals surface area contributed by atoms with Crippen molar-refractivity contribution >= 4 is 34.7 Å². The smallest absolute Gasteiger partial charge is 0.339 e. The topological polar surface area (TPSA) is 93.4 Å². The van der Waals surface area contributed by atoms with Crippen molar-refractivity contribution in [1.82, 2.24) is 9.97 Å². The number of hydrogen-bond donors (Lipinski definition) is 2. The number of nitrogen functional groups attached to an aromatic ring is 1. The molecule has 3 aromatic rings. The molecule has 144 valence electrons. The third-order valence-corrected chi connectivity index (χ3v) is 4.34. The zero-order valence-corrected chi connectivity index (χ0v) is 16.4. The lowest BCUT2D eigenvalue weighted by molar-refractivity contribution is 0.0601. The molecule has 2 aromatic carbocycles. The van der Waals surface area contributed by atoms with Gasteiger partial charge in [-0.05, 0) is 49.2 Å². The van der Waals surface area contributed by atoms with Gasteiger partial charge in [-0.2, -0.15) is 0 Å². The Hall–Kier alpha value is -3.61. The van der Waals surface area contributed by atoms with E-state index in [1.807, 2.05) is 38.1 Å². The molecule has 3 rings (SSSR count). The highest BCUT2D eigenvalue weighted by Crippen LogP contribution is 2.33. The molecule has 0 atom stereocenters. The van der Waals surface area contributed by atoms with E-state index in [0.717, 1.165) is 16.8 Å². The van der Waals surface area contributed by atoms with Crippen LogP contribution in [0.1, 0.15) is 21.5 Å². The van der Waals surface area contributed by atoms with Crippen molar-refractivity contribution in [3.63, 3.8) is 0 Å².